The minimum Gasteiger partial charge on any atom is -0.381 e. The molecule has 2 unspecified atom stereocenters. The fourth-order valence-electron chi connectivity index (χ4n) is 2.20. The fraction of sp³-hybridized carbons (Fsp3) is 0.917. The van der Waals surface area contributed by atoms with E-state index in [-0.39, 0.29) is 24.2 Å². The standard InChI is InChI=1S/C12H24N2O2.ClH/c1-10(7-13-2)12(15)14(3)8-11-5-4-6-16-9-11;/h10-11,13H,4-9H2,1-3H3;1H. The highest BCUT2D eigenvalue weighted by Crippen LogP contribution is 2.15. The summed E-state index contributed by atoms with van der Waals surface area (Å²) in [6, 6.07) is 0. The van der Waals surface area contributed by atoms with Crippen LogP contribution in [-0.2, 0) is 9.53 Å². The highest BCUT2D eigenvalue weighted by atomic mass is 35.5. The molecule has 2 atom stereocenters. The van der Waals surface area contributed by atoms with E-state index < -0.39 is 0 Å². The first-order valence-electron chi connectivity index (χ1n) is 6.12. The molecule has 1 heterocycles. The number of nitrogens with zero attached hydrogens (tertiary/aromatic N) is 1. The molecule has 1 aliphatic heterocycles. The van der Waals surface area contributed by atoms with E-state index in [1.54, 1.807) is 0 Å². The summed E-state index contributed by atoms with van der Waals surface area (Å²) in [4.78, 5) is 13.8. The van der Waals surface area contributed by atoms with Crippen LogP contribution in [0.1, 0.15) is 19.8 Å². The Morgan fingerprint density at radius 1 is 1.59 bits per heavy atom. The predicted octanol–water partition coefficient (Wildman–Crippen LogP) is 1.15. The van der Waals surface area contributed by atoms with Crippen molar-refractivity contribution in [2.75, 3.05) is 40.4 Å². The van der Waals surface area contributed by atoms with Crippen molar-refractivity contribution < 1.29 is 9.53 Å². The van der Waals surface area contributed by atoms with Gasteiger partial charge in [0.05, 0.1) is 6.61 Å². The number of carbonyl (C=O) groups excluding carboxylic acids is 1. The van der Waals surface area contributed by atoms with Crippen molar-refractivity contribution in [1.82, 2.24) is 10.2 Å². The van der Waals surface area contributed by atoms with Gasteiger partial charge >= 0.3 is 0 Å². The molecule has 17 heavy (non-hydrogen) atoms. The quantitative estimate of drug-likeness (QED) is 0.810. The van der Waals surface area contributed by atoms with Crippen LogP contribution in [0.15, 0.2) is 0 Å². The molecule has 4 nitrogen and oxygen atoms in total. The molecule has 0 aromatic heterocycles. The van der Waals surface area contributed by atoms with E-state index in [0.29, 0.717) is 5.92 Å². The molecule has 0 spiro atoms. The van der Waals surface area contributed by atoms with Gasteiger partial charge in [-0.2, -0.15) is 0 Å². The Labute approximate surface area is 110 Å². The maximum Gasteiger partial charge on any atom is 0.226 e. The molecular formula is C12H25ClN2O2. The first kappa shape index (κ1) is 16.7. The smallest absolute Gasteiger partial charge is 0.226 e. The van der Waals surface area contributed by atoms with Crippen LogP contribution < -0.4 is 5.32 Å². The second-order valence-electron chi connectivity index (χ2n) is 4.76. The average Bonchev–Trinajstić information content (AvgIpc) is 2.29. The Morgan fingerprint density at radius 2 is 2.29 bits per heavy atom. The summed E-state index contributed by atoms with van der Waals surface area (Å²) in [5.74, 6) is 0.795. The average molecular weight is 265 g/mol. The Bertz CT molecular complexity index is 221. The molecular weight excluding hydrogens is 240 g/mol. The number of amides is 1. The van der Waals surface area contributed by atoms with Gasteiger partial charge in [0.15, 0.2) is 0 Å². The molecule has 1 fully saturated rings. The van der Waals surface area contributed by atoms with Crippen LogP contribution in [0.3, 0.4) is 0 Å². The van der Waals surface area contributed by atoms with Gasteiger partial charge in [0.25, 0.3) is 0 Å². The minimum absolute atomic E-state index is 0. The SMILES string of the molecule is CNCC(C)C(=O)N(C)CC1CCCOC1.Cl. The highest BCUT2D eigenvalue weighted by molar-refractivity contribution is 5.85. The zero-order chi connectivity index (χ0) is 12.0. The Kier molecular flexibility index (Phi) is 8.56. The number of halogens is 1. The monoisotopic (exact) mass is 264 g/mol. The van der Waals surface area contributed by atoms with Gasteiger partial charge in [-0.1, -0.05) is 6.92 Å². The van der Waals surface area contributed by atoms with Crippen molar-refractivity contribution in [3.8, 4) is 0 Å². The normalized spacial score (nSPS) is 21.5. The Hall–Kier alpha value is -0.320. The molecule has 102 valence electrons. The third-order valence-corrected chi connectivity index (χ3v) is 3.09. The van der Waals surface area contributed by atoms with E-state index in [4.69, 9.17) is 4.74 Å². The Morgan fingerprint density at radius 3 is 2.82 bits per heavy atom. The molecule has 0 aromatic carbocycles. The van der Waals surface area contributed by atoms with Gasteiger partial charge in [-0.15, -0.1) is 12.4 Å². The summed E-state index contributed by atoms with van der Waals surface area (Å²) < 4.78 is 5.42. The van der Waals surface area contributed by atoms with Crippen molar-refractivity contribution in [2.24, 2.45) is 11.8 Å². The lowest BCUT2D eigenvalue weighted by Gasteiger charge is -2.28. The maximum absolute atomic E-state index is 12.0. The summed E-state index contributed by atoms with van der Waals surface area (Å²) in [6.07, 6.45) is 2.30. The van der Waals surface area contributed by atoms with Crippen LogP contribution in [-0.4, -0.2) is 51.2 Å². The van der Waals surface area contributed by atoms with Gasteiger partial charge in [-0.05, 0) is 25.8 Å². The molecule has 1 saturated heterocycles. The zero-order valence-corrected chi connectivity index (χ0v) is 11.9. The summed E-state index contributed by atoms with van der Waals surface area (Å²) >= 11 is 0. The lowest BCUT2D eigenvalue weighted by molar-refractivity contribution is -0.134. The third-order valence-electron chi connectivity index (χ3n) is 3.09. The number of rotatable bonds is 5. The second kappa shape index (κ2) is 8.72. The van der Waals surface area contributed by atoms with Crippen molar-refractivity contribution in [3.63, 3.8) is 0 Å². The largest absolute Gasteiger partial charge is 0.381 e. The van der Waals surface area contributed by atoms with E-state index in [1.165, 1.54) is 6.42 Å². The lowest BCUT2D eigenvalue weighted by Crippen LogP contribution is -2.40. The fourth-order valence-corrected chi connectivity index (χ4v) is 2.20. The molecule has 1 N–H and O–H groups in total. The molecule has 0 bridgehead atoms. The molecule has 5 heteroatoms. The molecule has 0 saturated carbocycles. The first-order chi connectivity index (χ1) is 7.65. The molecule has 1 rings (SSSR count). The van der Waals surface area contributed by atoms with Crippen molar-refractivity contribution >= 4 is 18.3 Å². The van der Waals surface area contributed by atoms with Crippen LogP contribution in [0.2, 0.25) is 0 Å². The van der Waals surface area contributed by atoms with Gasteiger partial charge in [0.1, 0.15) is 0 Å². The van der Waals surface area contributed by atoms with Crippen molar-refractivity contribution in [2.45, 2.75) is 19.8 Å². The van der Waals surface area contributed by atoms with E-state index >= 15 is 0 Å². The molecule has 0 aromatic rings. The van der Waals surface area contributed by atoms with Crippen LogP contribution in [0.4, 0.5) is 0 Å². The van der Waals surface area contributed by atoms with Crippen LogP contribution in [0.5, 0.6) is 0 Å². The first-order valence-corrected chi connectivity index (χ1v) is 6.12. The summed E-state index contributed by atoms with van der Waals surface area (Å²) in [5.41, 5.74) is 0. The van der Waals surface area contributed by atoms with Crippen molar-refractivity contribution in [1.29, 1.82) is 0 Å². The number of hydrogen-bond acceptors (Lipinski definition) is 3. The van der Waals surface area contributed by atoms with Gasteiger partial charge in [-0.3, -0.25) is 4.79 Å². The summed E-state index contributed by atoms with van der Waals surface area (Å²) in [7, 11) is 3.77. The second-order valence-corrected chi connectivity index (χ2v) is 4.76. The van der Waals surface area contributed by atoms with E-state index in [2.05, 4.69) is 5.32 Å². The minimum atomic E-state index is 0. The summed E-state index contributed by atoms with van der Waals surface area (Å²) in [6.45, 7) is 5.21. The lowest BCUT2D eigenvalue weighted by atomic mass is 10.0. The van der Waals surface area contributed by atoms with Gasteiger partial charge in [-0.25, -0.2) is 0 Å². The number of nitrogens with one attached hydrogen (secondary N) is 1. The van der Waals surface area contributed by atoms with Crippen LogP contribution in [0.25, 0.3) is 0 Å². The molecule has 1 amide bonds. The predicted molar refractivity (Wildman–Crippen MR) is 71.5 cm³/mol. The Balaban J connectivity index is 0.00000256. The molecule has 1 aliphatic rings. The number of carbonyl (C=O) groups is 1. The topological polar surface area (TPSA) is 41.6 Å². The zero-order valence-electron chi connectivity index (χ0n) is 11.1. The van der Waals surface area contributed by atoms with Gasteiger partial charge in [0, 0.05) is 32.7 Å². The molecule has 0 radical (unpaired) electrons. The summed E-state index contributed by atoms with van der Waals surface area (Å²) in [5, 5.41) is 3.03. The third kappa shape index (κ3) is 5.70. The van der Waals surface area contributed by atoms with Crippen molar-refractivity contribution in [3.05, 3.63) is 0 Å². The molecule has 0 aliphatic carbocycles. The van der Waals surface area contributed by atoms with Crippen LogP contribution in [0, 0.1) is 11.8 Å². The maximum atomic E-state index is 12.0. The van der Waals surface area contributed by atoms with E-state index in [9.17, 15) is 4.79 Å². The van der Waals surface area contributed by atoms with Gasteiger partial charge < -0.3 is 15.0 Å². The van der Waals surface area contributed by atoms with E-state index in [0.717, 1.165) is 32.7 Å². The van der Waals surface area contributed by atoms with Crippen LogP contribution >= 0.6 is 12.4 Å². The van der Waals surface area contributed by atoms with Gasteiger partial charge in [0.2, 0.25) is 5.91 Å². The number of hydrogen-bond donors (Lipinski definition) is 1. The van der Waals surface area contributed by atoms with E-state index in [1.807, 2.05) is 25.9 Å². The number of ether oxygens (including phenoxy) is 1. The highest BCUT2D eigenvalue weighted by Gasteiger charge is 2.21.